The Morgan fingerprint density at radius 1 is 0.590 bits per heavy atom. The fourth-order valence-electron chi connectivity index (χ4n) is 16.4. The molecule has 472 valence electrons. The Hall–Kier alpha value is -3.79. The summed E-state index contributed by atoms with van der Waals surface area (Å²) in [6.45, 7) is 26.7. The number of hydrogen-bond donors (Lipinski definition) is 1. The molecule has 10 bridgehead atoms. The van der Waals surface area contributed by atoms with E-state index in [-0.39, 0.29) is 118 Å². The van der Waals surface area contributed by atoms with Crippen LogP contribution in [0.4, 0.5) is 0 Å². The van der Waals surface area contributed by atoms with Crippen LogP contribution in [-0.4, -0.2) is 107 Å². The average Bonchev–Trinajstić information content (AvgIpc) is 2.17. The number of hydrogen-bond acceptors (Lipinski definition) is 16. The minimum atomic E-state index is -0.665. The van der Waals surface area contributed by atoms with Crippen LogP contribution in [0.5, 0.6) is 0 Å². The second-order valence-corrected chi connectivity index (χ2v) is 28.7. The minimum Gasteiger partial charge on any atom is -0.465 e. The molecule has 13 unspecified atom stereocenters. The first-order chi connectivity index (χ1) is 39.2. The summed E-state index contributed by atoms with van der Waals surface area (Å²) in [5, 5.41) is 10.6. The van der Waals surface area contributed by atoms with Gasteiger partial charge < -0.3 is 43.0 Å². The van der Waals surface area contributed by atoms with Gasteiger partial charge in [-0.3, -0.25) is 28.8 Å². The molecule has 16 heteroatoms. The summed E-state index contributed by atoms with van der Waals surface area (Å²) in [5.74, 6) is 2.52. The Kier molecular flexibility index (Phi) is 22.5. The van der Waals surface area contributed by atoms with E-state index in [1.165, 1.54) is 57.8 Å². The van der Waals surface area contributed by atoms with Crippen LogP contribution in [0.1, 0.15) is 244 Å². The third-order valence-corrected chi connectivity index (χ3v) is 22.1. The first-order valence-electron chi connectivity index (χ1n) is 33.0. The van der Waals surface area contributed by atoms with Crippen LogP contribution < -0.4 is 0 Å². The molecule has 13 aliphatic rings. The van der Waals surface area contributed by atoms with E-state index in [4.69, 9.17) is 33.2 Å². The van der Waals surface area contributed by atoms with E-state index >= 15 is 0 Å². The monoisotopic (exact) mass is 1170 g/mol. The highest BCUT2D eigenvalue weighted by Gasteiger charge is 2.63. The Morgan fingerprint density at radius 3 is 1.55 bits per heavy atom. The van der Waals surface area contributed by atoms with Crippen molar-refractivity contribution in [2.45, 2.75) is 291 Å². The Morgan fingerprint density at radius 2 is 1.07 bits per heavy atom. The average molecular weight is 1170 g/mol. The van der Waals surface area contributed by atoms with E-state index in [1.54, 1.807) is 6.92 Å². The highest BCUT2D eigenvalue weighted by atomic mass is 16.6. The van der Waals surface area contributed by atoms with Crippen molar-refractivity contribution in [3.8, 4) is 0 Å². The van der Waals surface area contributed by atoms with Gasteiger partial charge in [-0.15, -0.1) is 0 Å². The second kappa shape index (κ2) is 27.9. The zero-order valence-electron chi connectivity index (χ0n) is 53.2. The molecule has 13 atom stereocenters. The lowest BCUT2D eigenvalue weighted by Gasteiger charge is -2.61. The Bertz CT molecular complexity index is 2200. The highest BCUT2D eigenvalue weighted by molar-refractivity contribution is 5.81. The van der Waals surface area contributed by atoms with E-state index in [0.717, 1.165) is 94.8 Å². The maximum absolute atomic E-state index is 12.3. The molecule has 0 aromatic carbocycles. The maximum atomic E-state index is 12.3. The molecule has 4 aliphatic heterocycles. The van der Waals surface area contributed by atoms with Gasteiger partial charge in [0.05, 0.1) is 60.4 Å². The van der Waals surface area contributed by atoms with Gasteiger partial charge in [-0.05, 0) is 178 Å². The highest BCUT2D eigenvalue weighted by Crippen LogP contribution is 2.64. The van der Waals surface area contributed by atoms with Gasteiger partial charge in [-0.2, -0.15) is 0 Å². The van der Waals surface area contributed by atoms with E-state index in [0.29, 0.717) is 44.3 Å². The molecule has 0 aromatic rings. The van der Waals surface area contributed by atoms with E-state index in [9.17, 15) is 38.7 Å². The summed E-state index contributed by atoms with van der Waals surface area (Å²) in [6.07, 6.45) is 23.4. The molecule has 0 amide bonds. The summed E-state index contributed by atoms with van der Waals surface area (Å²) in [4.78, 5) is 81.5. The van der Waals surface area contributed by atoms with E-state index in [1.807, 2.05) is 55.4 Å². The number of cyclic esters (lactones) is 2. The molecule has 16 nitrogen and oxygen atoms in total. The smallest absolute Gasteiger partial charge is 0.347 e. The Labute approximate surface area is 497 Å². The van der Waals surface area contributed by atoms with Crippen molar-refractivity contribution in [1.29, 1.82) is 0 Å². The summed E-state index contributed by atoms with van der Waals surface area (Å²) in [6, 6.07) is 0. The summed E-state index contributed by atoms with van der Waals surface area (Å²) in [7, 11) is 0. The largest absolute Gasteiger partial charge is 0.465 e. The van der Waals surface area contributed by atoms with Crippen LogP contribution in [0.25, 0.3) is 0 Å². The molecule has 0 aromatic heterocycles. The lowest BCUT2D eigenvalue weighted by atomic mass is 9.46. The molecule has 0 radical (unpaired) electrons. The quantitative estimate of drug-likeness (QED) is 0.106. The van der Waals surface area contributed by atoms with Gasteiger partial charge in [0, 0.05) is 30.6 Å². The van der Waals surface area contributed by atoms with Gasteiger partial charge >= 0.3 is 41.8 Å². The van der Waals surface area contributed by atoms with Crippen LogP contribution in [0.3, 0.4) is 0 Å². The normalized spacial score (nSPS) is 36.7. The summed E-state index contributed by atoms with van der Waals surface area (Å²) >= 11 is 0. The molecule has 9 aliphatic carbocycles. The SMILES string of the molecule is CCC(C)C(=O)OC(C)(C)C12CC3CC(CC(C3)C1)C2.CCC(C)C(=O)OC1(CC)CCCC1.CCC(C)C(=O)OC12CC3CC(CC(O)(C3)C1)C2.CCC(C)C(=O)OC1CC2OC1C1COC(=O)C21.CCC(C)C(=O)OC1CCOC1=O. The van der Waals surface area contributed by atoms with Crippen molar-refractivity contribution >= 4 is 41.8 Å². The van der Waals surface area contributed by atoms with Crippen molar-refractivity contribution in [3.63, 3.8) is 0 Å². The van der Waals surface area contributed by atoms with Crippen molar-refractivity contribution in [3.05, 3.63) is 0 Å². The lowest BCUT2D eigenvalue weighted by molar-refractivity contribution is -0.222. The van der Waals surface area contributed by atoms with Gasteiger partial charge in [0.25, 0.3) is 0 Å². The number of fused-ring (bicyclic) bond motifs is 5. The first-order valence-corrected chi connectivity index (χ1v) is 33.0. The van der Waals surface area contributed by atoms with Gasteiger partial charge in [0.2, 0.25) is 6.10 Å². The second-order valence-electron chi connectivity index (χ2n) is 28.7. The summed E-state index contributed by atoms with van der Waals surface area (Å²) in [5.41, 5.74) is -1.01. The maximum Gasteiger partial charge on any atom is 0.347 e. The zero-order valence-corrected chi connectivity index (χ0v) is 53.2. The van der Waals surface area contributed by atoms with Crippen LogP contribution >= 0.6 is 0 Å². The molecule has 9 saturated carbocycles. The Balaban J connectivity index is 0.000000151. The predicted molar refractivity (Wildman–Crippen MR) is 311 cm³/mol. The molecule has 4 saturated heterocycles. The predicted octanol–water partition coefficient (Wildman–Crippen LogP) is 12.3. The molecule has 4 heterocycles. The number of rotatable bonds is 17. The number of esters is 7. The van der Waals surface area contributed by atoms with Crippen LogP contribution in [0.2, 0.25) is 0 Å². The van der Waals surface area contributed by atoms with Crippen molar-refractivity contribution < 1.29 is 76.6 Å². The molecule has 0 spiro atoms. The number of carbonyl (C=O) groups is 7. The van der Waals surface area contributed by atoms with Crippen LogP contribution in [0, 0.1) is 76.4 Å². The first kappa shape index (κ1) is 66.7. The molecule has 13 rings (SSSR count). The third kappa shape index (κ3) is 15.7. The lowest BCUT2D eigenvalue weighted by Crippen LogP contribution is -2.60. The topological polar surface area (TPSA) is 214 Å². The standard InChI is InChI=1S/C18H30O2.C15H24O3.C13H18O5.C12H22O2.C9H14O4/c1-5-12(2)16(19)20-17(3,4)18-9-13-6-14(10-18)8-15(7-13)11-18;1-3-10(2)13(16)18-15-7-11-4-12(8-15)6-14(17,5-11)9-15;1-3-6(2)12(14)18-9-4-8-10-7(11(9)17-8)5-16-13(10)15;1-4-10(3)11(13)14-12(5-2)8-6-7-9-12;1-3-6(2)8(10)13-7-4-5-12-9(7)11/h12-15H,5-11H2,1-4H3;10-12,17H,3-9H2,1-2H3;6-11H,3-5H2,1-2H3;10H,4-9H2,1-3H3;6-7H,3-5H2,1-2H3. The number of aliphatic hydroxyl groups is 1. The fraction of sp³-hybridized carbons (Fsp3) is 0.896. The molecule has 1 N–H and O–H groups in total. The van der Waals surface area contributed by atoms with E-state index < -0.39 is 17.7 Å². The van der Waals surface area contributed by atoms with Gasteiger partial charge in [-0.1, -0.05) is 76.2 Å². The van der Waals surface area contributed by atoms with Crippen LogP contribution in [0.15, 0.2) is 0 Å². The third-order valence-electron chi connectivity index (χ3n) is 22.1. The fourth-order valence-corrected chi connectivity index (χ4v) is 16.4. The minimum absolute atomic E-state index is 0.00347. The summed E-state index contributed by atoms with van der Waals surface area (Å²) < 4.78 is 43.5. The van der Waals surface area contributed by atoms with Gasteiger partial charge in [0.15, 0.2) is 0 Å². The number of carbonyl (C=O) groups excluding carboxylic acids is 7. The van der Waals surface area contributed by atoms with Gasteiger partial charge in [0.1, 0.15) is 29.0 Å². The molecule has 83 heavy (non-hydrogen) atoms. The van der Waals surface area contributed by atoms with Crippen LogP contribution in [-0.2, 0) is 71.5 Å². The number of ether oxygens (including phenoxy) is 8. The van der Waals surface area contributed by atoms with E-state index in [2.05, 4.69) is 32.4 Å². The molecular weight excluding hydrogens is 1060 g/mol. The van der Waals surface area contributed by atoms with Crippen molar-refractivity contribution in [2.75, 3.05) is 13.2 Å². The van der Waals surface area contributed by atoms with Gasteiger partial charge in [-0.25, -0.2) is 4.79 Å². The molecule has 13 fully saturated rings. The van der Waals surface area contributed by atoms with Crippen molar-refractivity contribution in [1.82, 2.24) is 0 Å². The zero-order chi connectivity index (χ0) is 60.8. The molecular formula is C67H108O16. The van der Waals surface area contributed by atoms with Crippen molar-refractivity contribution in [2.24, 2.45) is 76.4 Å².